The summed E-state index contributed by atoms with van der Waals surface area (Å²) in [5, 5.41) is 9.28. The van der Waals surface area contributed by atoms with Crippen molar-refractivity contribution in [2.24, 2.45) is 0 Å². The summed E-state index contributed by atoms with van der Waals surface area (Å²) in [5.74, 6) is 1.01. The molecule has 0 fully saturated rings. The molecule has 0 bridgehead atoms. The van der Waals surface area contributed by atoms with Crippen LogP contribution < -0.4 is 0 Å². The fourth-order valence-corrected chi connectivity index (χ4v) is 1.23. The molecule has 0 heterocycles. The highest BCUT2D eigenvalue weighted by Crippen LogP contribution is 2.21. The Morgan fingerprint density at radius 3 is 2.77 bits per heavy atom. The predicted octanol–water partition coefficient (Wildman–Crippen LogP) is 3.34. The van der Waals surface area contributed by atoms with Crippen molar-refractivity contribution >= 4 is 11.6 Å². The third-order valence-corrected chi connectivity index (χ3v) is 2.01. The maximum atomic E-state index is 8.70. The molecule has 13 heavy (non-hydrogen) atoms. The Morgan fingerprint density at radius 1 is 1.54 bits per heavy atom. The normalized spacial score (nSPS) is 9.69. The quantitative estimate of drug-likeness (QED) is 0.702. The zero-order chi connectivity index (χ0) is 9.84. The first-order valence-corrected chi connectivity index (χ1v) is 4.22. The second-order valence-corrected chi connectivity index (χ2v) is 3.16. The van der Waals surface area contributed by atoms with Crippen LogP contribution in [0.1, 0.15) is 18.1 Å². The number of rotatable bonds is 2. The number of benzene rings is 1. The summed E-state index contributed by atoms with van der Waals surface area (Å²) in [6, 6.07) is 7.31. The van der Waals surface area contributed by atoms with E-state index in [4.69, 9.17) is 16.9 Å². The van der Waals surface area contributed by atoms with E-state index in [2.05, 4.69) is 12.6 Å². The molecule has 0 saturated heterocycles. The van der Waals surface area contributed by atoms with Gasteiger partial charge in [0.25, 0.3) is 0 Å². The zero-order valence-electron chi connectivity index (χ0n) is 7.34. The van der Waals surface area contributed by atoms with Gasteiger partial charge in [-0.1, -0.05) is 24.6 Å². The van der Waals surface area contributed by atoms with Gasteiger partial charge in [-0.05, 0) is 23.8 Å². The monoisotopic (exact) mass is 190 g/mol. The van der Waals surface area contributed by atoms with Crippen molar-refractivity contribution in [2.75, 3.05) is 0 Å². The number of halogens is 1. The molecule has 0 amide bonds. The molecule has 0 atom stereocenters. The van der Waals surface area contributed by atoms with Gasteiger partial charge >= 0.3 is 0 Å². The average molecular weight is 191 g/mol. The molecule has 2 heteroatoms. The van der Waals surface area contributed by atoms with Gasteiger partial charge in [-0.25, -0.2) is 0 Å². The number of nitriles is 1. The Hall–Kier alpha value is -1.26. The van der Waals surface area contributed by atoms with E-state index in [0.717, 1.165) is 11.5 Å². The summed E-state index contributed by atoms with van der Waals surface area (Å²) in [5.41, 5.74) is 1.52. The van der Waals surface area contributed by atoms with Gasteiger partial charge in [0.1, 0.15) is 0 Å². The van der Waals surface area contributed by atoms with E-state index in [1.54, 1.807) is 18.2 Å². The summed E-state index contributed by atoms with van der Waals surface area (Å²) in [4.78, 5) is 0. The molecule has 0 saturated carbocycles. The van der Waals surface area contributed by atoms with Crippen LogP contribution in [-0.4, -0.2) is 0 Å². The lowest BCUT2D eigenvalue weighted by Crippen LogP contribution is -1.90. The van der Waals surface area contributed by atoms with Gasteiger partial charge in [0, 0.05) is 10.9 Å². The second kappa shape index (κ2) is 4.11. The molecule has 1 radical (unpaired) electrons. The van der Waals surface area contributed by atoms with Crippen molar-refractivity contribution in [1.29, 1.82) is 5.26 Å². The molecule has 0 aromatic heterocycles. The van der Waals surface area contributed by atoms with Crippen LogP contribution in [0.5, 0.6) is 0 Å². The van der Waals surface area contributed by atoms with Gasteiger partial charge in [-0.15, -0.1) is 6.58 Å². The van der Waals surface area contributed by atoms with Crippen LogP contribution in [0.15, 0.2) is 30.9 Å². The van der Waals surface area contributed by atoms with Crippen LogP contribution in [0.2, 0.25) is 5.02 Å². The molecule has 1 nitrogen and oxygen atoms in total. The van der Waals surface area contributed by atoms with Crippen LogP contribution in [0, 0.1) is 17.2 Å². The van der Waals surface area contributed by atoms with Crippen molar-refractivity contribution in [2.45, 2.75) is 6.92 Å². The number of allylic oxidation sites excluding steroid dienone is 1. The van der Waals surface area contributed by atoms with E-state index in [0.29, 0.717) is 10.6 Å². The van der Waals surface area contributed by atoms with E-state index in [9.17, 15) is 0 Å². The molecular weight excluding hydrogens is 182 g/mol. The third-order valence-electron chi connectivity index (χ3n) is 1.79. The molecule has 0 spiro atoms. The summed E-state index contributed by atoms with van der Waals surface area (Å²) in [6.07, 6.45) is 1.74. The summed E-state index contributed by atoms with van der Waals surface area (Å²) in [6.45, 7) is 5.59. The van der Waals surface area contributed by atoms with E-state index < -0.39 is 0 Å². The standard InChI is InChI=1S/C11H9ClN/c1-3-8(2)10-4-9(7-13)5-11(12)6-10/h3-6H,1H2,2H3. The van der Waals surface area contributed by atoms with E-state index in [1.165, 1.54) is 0 Å². The van der Waals surface area contributed by atoms with Crippen molar-refractivity contribution < 1.29 is 0 Å². The lowest BCUT2D eigenvalue weighted by molar-refractivity contribution is 1.25. The van der Waals surface area contributed by atoms with Gasteiger partial charge in [0.15, 0.2) is 0 Å². The first-order chi connectivity index (χ1) is 6.17. The minimum atomic E-state index is 0.573. The lowest BCUT2D eigenvalue weighted by Gasteiger charge is -2.05. The van der Waals surface area contributed by atoms with Gasteiger partial charge in [0.05, 0.1) is 11.6 Å². The Bertz CT molecular complexity index is 363. The molecule has 0 unspecified atom stereocenters. The van der Waals surface area contributed by atoms with Gasteiger partial charge in [-0.2, -0.15) is 5.26 Å². The summed E-state index contributed by atoms with van der Waals surface area (Å²) in [7, 11) is 0. The minimum absolute atomic E-state index is 0.573. The summed E-state index contributed by atoms with van der Waals surface area (Å²) >= 11 is 5.83. The fraction of sp³-hybridized carbons (Fsp3) is 0.0909. The van der Waals surface area contributed by atoms with Crippen molar-refractivity contribution in [3.05, 3.63) is 52.9 Å². The van der Waals surface area contributed by atoms with Crippen LogP contribution in [0.25, 0.3) is 0 Å². The first-order valence-electron chi connectivity index (χ1n) is 3.84. The SMILES string of the molecule is C=C[C](C)c1cc(Cl)cc(C#N)c1. The Kier molecular flexibility index (Phi) is 3.11. The predicted molar refractivity (Wildman–Crippen MR) is 54.4 cm³/mol. The molecule has 0 aliphatic carbocycles. The molecular formula is C11H9ClN. The Labute approximate surface area is 83.3 Å². The molecule has 65 valence electrons. The maximum Gasteiger partial charge on any atom is 0.0992 e. The minimum Gasteiger partial charge on any atom is -0.192 e. The largest absolute Gasteiger partial charge is 0.192 e. The van der Waals surface area contributed by atoms with E-state index in [-0.39, 0.29) is 0 Å². The summed E-state index contributed by atoms with van der Waals surface area (Å²) < 4.78 is 0. The second-order valence-electron chi connectivity index (χ2n) is 2.73. The topological polar surface area (TPSA) is 23.8 Å². The number of hydrogen-bond acceptors (Lipinski definition) is 1. The highest BCUT2D eigenvalue weighted by atomic mass is 35.5. The van der Waals surface area contributed by atoms with Crippen molar-refractivity contribution in [3.8, 4) is 6.07 Å². The highest BCUT2D eigenvalue weighted by Gasteiger charge is 2.04. The maximum absolute atomic E-state index is 8.70. The molecule has 1 rings (SSSR count). The van der Waals surface area contributed by atoms with Gasteiger partial charge < -0.3 is 0 Å². The molecule has 0 aliphatic heterocycles. The lowest BCUT2D eigenvalue weighted by atomic mass is 10.00. The van der Waals surface area contributed by atoms with E-state index >= 15 is 0 Å². The smallest absolute Gasteiger partial charge is 0.0992 e. The number of hydrogen-bond donors (Lipinski definition) is 0. The van der Waals surface area contributed by atoms with Crippen LogP contribution >= 0.6 is 11.6 Å². The van der Waals surface area contributed by atoms with Gasteiger partial charge in [-0.3, -0.25) is 0 Å². The van der Waals surface area contributed by atoms with Crippen LogP contribution in [0.4, 0.5) is 0 Å². The Balaban J connectivity index is 3.17. The molecule has 1 aromatic carbocycles. The molecule has 0 N–H and O–H groups in total. The van der Waals surface area contributed by atoms with E-state index in [1.807, 2.05) is 13.0 Å². The zero-order valence-corrected chi connectivity index (χ0v) is 8.10. The van der Waals surface area contributed by atoms with Crippen LogP contribution in [0.3, 0.4) is 0 Å². The fourth-order valence-electron chi connectivity index (χ4n) is 1.000. The molecule has 0 aliphatic rings. The Morgan fingerprint density at radius 2 is 2.23 bits per heavy atom. The van der Waals surface area contributed by atoms with Crippen molar-refractivity contribution in [3.63, 3.8) is 0 Å². The molecule has 1 aromatic rings. The van der Waals surface area contributed by atoms with Gasteiger partial charge in [0.2, 0.25) is 0 Å². The third kappa shape index (κ3) is 2.34. The van der Waals surface area contributed by atoms with Crippen LogP contribution in [-0.2, 0) is 0 Å². The first kappa shape index (κ1) is 9.83. The highest BCUT2D eigenvalue weighted by molar-refractivity contribution is 6.30. The number of nitrogens with zero attached hydrogens (tertiary/aromatic N) is 1. The average Bonchev–Trinajstić information content (AvgIpc) is 2.15. The van der Waals surface area contributed by atoms with Crippen molar-refractivity contribution in [1.82, 2.24) is 0 Å².